The zero-order chi connectivity index (χ0) is 29.2. The molecule has 0 radical (unpaired) electrons. The van der Waals surface area contributed by atoms with Gasteiger partial charge in [-0.15, -0.1) is 0 Å². The van der Waals surface area contributed by atoms with Crippen LogP contribution < -0.4 is 10.6 Å². The number of hydrogen-bond acceptors (Lipinski definition) is 4. The van der Waals surface area contributed by atoms with Crippen LogP contribution in [0.25, 0.3) is 0 Å². The lowest BCUT2D eigenvalue weighted by molar-refractivity contribution is -0.148. The SMILES string of the molecule is CC(NC(=O)CC1CCCN1C(=O)C1C2CCC(c3ccccc32)C1C(=O)NCC12CC3CC(CC(C3)C1)C2)C(=O)O. The molecule has 6 fully saturated rings. The number of hydrogen-bond donors (Lipinski definition) is 3. The van der Waals surface area contributed by atoms with E-state index in [0.717, 1.165) is 43.6 Å². The molecule has 9 rings (SSSR count). The van der Waals surface area contributed by atoms with Crippen LogP contribution in [0.1, 0.15) is 101 Å². The number of fused-ring (bicyclic) bond motifs is 2. The molecule has 3 N–H and O–H groups in total. The number of carboxylic acids is 1. The molecule has 8 heteroatoms. The molecule has 6 bridgehead atoms. The summed E-state index contributed by atoms with van der Waals surface area (Å²) in [4.78, 5) is 54.5. The molecule has 6 unspecified atom stereocenters. The third-order valence-electron chi connectivity index (χ3n) is 12.1. The molecule has 1 heterocycles. The number of rotatable bonds is 8. The van der Waals surface area contributed by atoms with E-state index in [-0.39, 0.29) is 47.4 Å². The molecule has 1 aromatic rings. The van der Waals surface area contributed by atoms with Crippen LogP contribution in [0.2, 0.25) is 0 Å². The maximum absolute atomic E-state index is 14.5. The minimum Gasteiger partial charge on any atom is -0.480 e. The second-order valence-electron chi connectivity index (χ2n) is 14.8. The van der Waals surface area contributed by atoms with Crippen molar-refractivity contribution in [2.45, 2.75) is 101 Å². The highest BCUT2D eigenvalue weighted by atomic mass is 16.4. The number of carbonyl (C=O) groups excluding carboxylic acids is 3. The fourth-order valence-corrected chi connectivity index (χ4v) is 10.8. The summed E-state index contributed by atoms with van der Waals surface area (Å²) in [5.74, 6) is 0.255. The van der Waals surface area contributed by atoms with Gasteiger partial charge in [0.1, 0.15) is 6.04 Å². The Kier molecular flexibility index (Phi) is 7.09. The monoisotopic (exact) mass is 575 g/mol. The van der Waals surface area contributed by atoms with E-state index in [0.29, 0.717) is 13.0 Å². The Morgan fingerprint density at radius 1 is 0.929 bits per heavy atom. The molecule has 5 saturated carbocycles. The molecular weight excluding hydrogens is 530 g/mol. The first-order valence-electron chi connectivity index (χ1n) is 16.4. The molecule has 8 nitrogen and oxygen atoms in total. The van der Waals surface area contributed by atoms with Gasteiger partial charge in [-0.05, 0) is 117 Å². The fourth-order valence-electron chi connectivity index (χ4n) is 10.8. The van der Waals surface area contributed by atoms with Crippen molar-refractivity contribution in [1.29, 1.82) is 0 Å². The quantitative estimate of drug-likeness (QED) is 0.430. The summed E-state index contributed by atoms with van der Waals surface area (Å²) in [6.07, 6.45) is 11.2. The van der Waals surface area contributed by atoms with E-state index in [1.807, 2.05) is 17.0 Å². The number of amides is 3. The van der Waals surface area contributed by atoms with Crippen molar-refractivity contribution >= 4 is 23.7 Å². The molecule has 6 atom stereocenters. The number of aliphatic carboxylic acids is 1. The van der Waals surface area contributed by atoms with Crippen LogP contribution in [-0.4, -0.2) is 58.9 Å². The largest absolute Gasteiger partial charge is 0.480 e. The number of nitrogens with zero attached hydrogens (tertiary/aromatic N) is 1. The van der Waals surface area contributed by atoms with Gasteiger partial charge in [-0.3, -0.25) is 19.2 Å². The molecule has 0 spiro atoms. The number of carboxylic acid groups (broad SMARTS) is 1. The summed E-state index contributed by atoms with van der Waals surface area (Å²) >= 11 is 0. The first kappa shape index (κ1) is 27.9. The second kappa shape index (κ2) is 10.7. The Labute approximate surface area is 248 Å². The molecule has 0 aromatic heterocycles. The number of benzene rings is 1. The van der Waals surface area contributed by atoms with Crippen molar-refractivity contribution in [3.8, 4) is 0 Å². The van der Waals surface area contributed by atoms with Crippen molar-refractivity contribution in [2.75, 3.05) is 13.1 Å². The van der Waals surface area contributed by atoms with Crippen LogP contribution in [0.4, 0.5) is 0 Å². The summed E-state index contributed by atoms with van der Waals surface area (Å²) in [7, 11) is 0. The summed E-state index contributed by atoms with van der Waals surface area (Å²) in [6, 6.07) is 7.13. The van der Waals surface area contributed by atoms with Gasteiger partial charge in [-0.1, -0.05) is 24.3 Å². The van der Waals surface area contributed by atoms with E-state index in [2.05, 4.69) is 22.8 Å². The third-order valence-corrected chi connectivity index (χ3v) is 12.1. The number of carbonyl (C=O) groups is 4. The predicted octanol–water partition coefficient (Wildman–Crippen LogP) is 4.20. The highest BCUT2D eigenvalue weighted by Crippen LogP contribution is 2.60. The van der Waals surface area contributed by atoms with Crippen LogP contribution >= 0.6 is 0 Å². The van der Waals surface area contributed by atoms with Crippen molar-refractivity contribution in [3.05, 3.63) is 35.4 Å². The Balaban J connectivity index is 1.11. The van der Waals surface area contributed by atoms with Crippen molar-refractivity contribution in [3.63, 3.8) is 0 Å². The van der Waals surface area contributed by atoms with Crippen LogP contribution in [0.3, 0.4) is 0 Å². The van der Waals surface area contributed by atoms with Crippen molar-refractivity contribution in [1.82, 2.24) is 15.5 Å². The molecule has 8 aliphatic rings. The normalized spacial score (nSPS) is 38.2. The maximum Gasteiger partial charge on any atom is 0.325 e. The van der Waals surface area contributed by atoms with E-state index in [9.17, 15) is 24.3 Å². The first-order chi connectivity index (χ1) is 20.2. The standard InChI is InChI=1S/C34H45N3O5/c1-19(33(41)42)36-28(38)14-23-5-4-10-37(23)32(40)30-27-9-8-26(24-6-2-3-7-25(24)27)29(30)31(39)35-18-34-15-20-11-21(16-34)13-22(12-20)17-34/h2-3,6-7,19-23,26-27,29-30H,4-5,8-18H2,1H3,(H,35,39)(H,36,38)(H,41,42). The molecule has 7 aliphatic carbocycles. The van der Waals surface area contributed by atoms with Crippen LogP contribution in [0.15, 0.2) is 24.3 Å². The van der Waals surface area contributed by atoms with Gasteiger partial charge in [0.15, 0.2) is 0 Å². The second-order valence-corrected chi connectivity index (χ2v) is 14.8. The lowest BCUT2D eigenvalue weighted by atomic mass is 9.49. The average molecular weight is 576 g/mol. The minimum absolute atomic E-state index is 0.00360. The van der Waals surface area contributed by atoms with Gasteiger partial charge in [0, 0.05) is 25.6 Å². The van der Waals surface area contributed by atoms with Gasteiger partial charge in [0.2, 0.25) is 17.7 Å². The minimum atomic E-state index is -1.08. The van der Waals surface area contributed by atoms with E-state index in [1.165, 1.54) is 56.6 Å². The summed E-state index contributed by atoms with van der Waals surface area (Å²) in [6.45, 7) is 2.75. The van der Waals surface area contributed by atoms with Gasteiger partial charge in [0.05, 0.1) is 11.8 Å². The predicted molar refractivity (Wildman–Crippen MR) is 156 cm³/mol. The molecule has 1 aliphatic heterocycles. The van der Waals surface area contributed by atoms with Crippen LogP contribution in [0, 0.1) is 35.0 Å². The smallest absolute Gasteiger partial charge is 0.325 e. The Morgan fingerprint density at radius 3 is 2.12 bits per heavy atom. The highest BCUT2D eigenvalue weighted by molar-refractivity contribution is 5.91. The third kappa shape index (κ3) is 4.83. The summed E-state index contributed by atoms with van der Waals surface area (Å²) in [5, 5.41) is 15.2. The number of likely N-dealkylation sites (tertiary alicyclic amines) is 1. The Morgan fingerprint density at radius 2 is 1.52 bits per heavy atom. The van der Waals surface area contributed by atoms with E-state index < -0.39 is 23.8 Å². The molecule has 42 heavy (non-hydrogen) atoms. The zero-order valence-corrected chi connectivity index (χ0v) is 24.7. The maximum atomic E-state index is 14.5. The lowest BCUT2D eigenvalue weighted by Crippen LogP contribution is -2.56. The van der Waals surface area contributed by atoms with Crippen LogP contribution in [-0.2, 0) is 19.2 Å². The summed E-state index contributed by atoms with van der Waals surface area (Å²) < 4.78 is 0. The van der Waals surface area contributed by atoms with Gasteiger partial charge in [-0.2, -0.15) is 0 Å². The van der Waals surface area contributed by atoms with Crippen molar-refractivity contribution in [2.24, 2.45) is 35.0 Å². The lowest BCUT2D eigenvalue weighted by Gasteiger charge is -2.57. The molecule has 226 valence electrons. The van der Waals surface area contributed by atoms with E-state index in [1.54, 1.807) is 0 Å². The Bertz CT molecular complexity index is 1240. The van der Waals surface area contributed by atoms with Gasteiger partial charge >= 0.3 is 5.97 Å². The van der Waals surface area contributed by atoms with Gasteiger partial charge < -0.3 is 20.6 Å². The fraction of sp³-hybridized carbons (Fsp3) is 0.706. The molecular formula is C34H45N3O5. The van der Waals surface area contributed by atoms with Crippen molar-refractivity contribution < 1.29 is 24.3 Å². The van der Waals surface area contributed by atoms with E-state index in [4.69, 9.17) is 0 Å². The molecule has 3 amide bonds. The van der Waals surface area contributed by atoms with Crippen LogP contribution in [0.5, 0.6) is 0 Å². The first-order valence-corrected chi connectivity index (χ1v) is 16.4. The summed E-state index contributed by atoms with van der Waals surface area (Å²) in [5.41, 5.74) is 2.67. The average Bonchev–Trinajstić information content (AvgIpc) is 3.42. The highest BCUT2D eigenvalue weighted by Gasteiger charge is 2.55. The Hall–Kier alpha value is -2.90. The number of nitrogens with one attached hydrogen (secondary N) is 2. The van der Waals surface area contributed by atoms with E-state index >= 15 is 0 Å². The molecule has 1 aromatic carbocycles. The molecule has 1 saturated heterocycles. The zero-order valence-electron chi connectivity index (χ0n) is 24.7. The van der Waals surface area contributed by atoms with Gasteiger partial charge in [-0.25, -0.2) is 0 Å². The van der Waals surface area contributed by atoms with Gasteiger partial charge in [0.25, 0.3) is 0 Å². The topological polar surface area (TPSA) is 116 Å².